The smallest absolute Gasteiger partial charge is 0.243 e. The lowest BCUT2D eigenvalue weighted by Crippen LogP contribution is -2.45. The molecule has 148 valence electrons. The molecule has 0 unspecified atom stereocenters. The number of nitrogens with zero attached hydrogens (tertiary/aromatic N) is 4. The van der Waals surface area contributed by atoms with Crippen molar-refractivity contribution in [2.45, 2.75) is 51.0 Å². The van der Waals surface area contributed by atoms with Crippen LogP contribution in [0.2, 0.25) is 0 Å². The van der Waals surface area contributed by atoms with Crippen LogP contribution in [0.4, 0.5) is 0 Å². The zero-order valence-corrected chi connectivity index (χ0v) is 16.9. The van der Waals surface area contributed by atoms with Gasteiger partial charge in [0.15, 0.2) is 0 Å². The Labute approximate surface area is 160 Å². The maximum absolute atomic E-state index is 13.1. The van der Waals surface area contributed by atoms with Gasteiger partial charge in [-0.25, -0.2) is 13.1 Å². The van der Waals surface area contributed by atoms with Crippen molar-refractivity contribution in [3.8, 4) is 0 Å². The maximum atomic E-state index is 13.1. The second-order valence-corrected chi connectivity index (χ2v) is 9.21. The number of rotatable bonds is 6. The molecule has 3 rings (SSSR count). The number of hydrogen-bond donors (Lipinski definition) is 1. The Bertz CT molecular complexity index is 922. The molecule has 2 heterocycles. The number of hydrogen-bond acceptors (Lipinski definition) is 5. The minimum Gasteiger partial charge on any atom is -0.356 e. The summed E-state index contributed by atoms with van der Waals surface area (Å²) in [6.45, 7) is 7.24. The predicted octanol–water partition coefficient (Wildman–Crippen LogP) is 1.94. The van der Waals surface area contributed by atoms with Crippen molar-refractivity contribution in [3.05, 3.63) is 18.2 Å². The number of aromatic nitrogens is 3. The molecule has 0 saturated carbocycles. The molecule has 1 aliphatic rings. The van der Waals surface area contributed by atoms with Crippen LogP contribution in [0.25, 0.3) is 11.0 Å². The van der Waals surface area contributed by atoms with Gasteiger partial charge in [0.25, 0.3) is 0 Å². The van der Waals surface area contributed by atoms with Crippen LogP contribution in [-0.4, -0.2) is 53.3 Å². The molecular formula is C18H27N5O3S. The Hall–Kier alpha value is -2.00. The van der Waals surface area contributed by atoms with Gasteiger partial charge in [-0.15, -0.1) is 5.10 Å². The molecule has 8 nitrogen and oxygen atoms in total. The largest absolute Gasteiger partial charge is 0.356 e. The first-order valence-electron chi connectivity index (χ1n) is 9.47. The van der Waals surface area contributed by atoms with Crippen LogP contribution >= 0.6 is 0 Å². The van der Waals surface area contributed by atoms with E-state index in [0.717, 1.165) is 11.9 Å². The molecule has 1 aromatic heterocycles. The van der Waals surface area contributed by atoms with Gasteiger partial charge in [-0.1, -0.05) is 12.1 Å². The van der Waals surface area contributed by atoms with E-state index >= 15 is 0 Å². The molecule has 1 fully saturated rings. The summed E-state index contributed by atoms with van der Waals surface area (Å²) >= 11 is 0. The summed E-state index contributed by atoms with van der Waals surface area (Å²) in [5.41, 5.74) is 1.36. The third-order valence-corrected chi connectivity index (χ3v) is 6.73. The first-order chi connectivity index (χ1) is 12.8. The van der Waals surface area contributed by atoms with Gasteiger partial charge in [-0.3, -0.25) is 4.79 Å². The lowest BCUT2D eigenvalue weighted by Gasteiger charge is -2.31. The summed E-state index contributed by atoms with van der Waals surface area (Å²) in [5, 5.41) is 11.1. The molecule has 1 N–H and O–H groups in total. The number of benzene rings is 1. The van der Waals surface area contributed by atoms with E-state index in [2.05, 4.69) is 15.6 Å². The first-order valence-corrected chi connectivity index (χ1v) is 10.9. The summed E-state index contributed by atoms with van der Waals surface area (Å²) in [6, 6.07) is 5.05. The zero-order chi connectivity index (χ0) is 19.6. The number of carbonyl (C=O) groups excluding carboxylic acids is 1. The van der Waals surface area contributed by atoms with E-state index in [1.165, 1.54) is 4.31 Å². The van der Waals surface area contributed by atoms with Crippen LogP contribution in [-0.2, 0) is 14.8 Å². The van der Waals surface area contributed by atoms with Gasteiger partial charge in [0, 0.05) is 25.7 Å². The van der Waals surface area contributed by atoms with Gasteiger partial charge in [-0.2, -0.15) is 4.31 Å². The number of amides is 1. The summed E-state index contributed by atoms with van der Waals surface area (Å²) in [5.74, 6) is -0.363. The quantitative estimate of drug-likeness (QED) is 0.809. The third kappa shape index (κ3) is 3.98. The Morgan fingerprint density at radius 1 is 1.37 bits per heavy atom. The summed E-state index contributed by atoms with van der Waals surface area (Å²) < 4.78 is 29.4. The highest BCUT2D eigenvalue weighted by molar-refractivity contribution is 7.89. The average molecular weight is 394 g/mol. The molecule has 0 bridgehead atoms. The van der Waals surface area contributed by atoms with E-state index < -0.39 is 10.0 Å². The van der Waals surface area contributed by atoms with Crippen LogP contribution in [0.5, 0.6) is 0 Å². The lowest BCUT2D eigenvalue weighted by molar-refractivity contribution is -0.126. The van der Waals surface area contributed by atoms with Gasteiger partial charge < -0.3 is 5.32 Å². The van der Waals surface area contributed by atoms with Crippen molar-refractivity contribution in [2.75, 3.05) is 19.6 Å². The standard InChI is InChI=1S/C18H27N5O3S/c1-4-9-19-18(24)14-6-5-10-22(12-14)27(25,26)15-7-8-17-16(11-15)20-21-23(17)13(2)3/h7-8,11,13-14H,4-6,9-10,12H2,1-3H3,(H,19,24)/t14-/m0/s1. The SMILES string of the molecule is CCCNC(=O)[C@H]1CCCN(S(=O)(=O)c2ccc3c(c2)nnn3C(C)C)C1. The maximum Gasteiger partial charge on any atom is 0.243 e. The molecule has 27 heavy (non-hydrogen) atoms. The molecule has 1 amide bonds. The summed E-state index contributed by atoms with van der Waals surface area (Å²) in [7, 11) is -3.68. The second-order valence-electron chi connectivity index (χ2n) is 7.27. The lowest BCUT2D eigenvalue weighted by atomic mass is 9.99. The van der Waals surface area contributed by atoms with Crippen molar-refractivity contribution < 1.29 is 13.2 Å². The van der Waals surface area contributed by atoms with Crippen molar-refractivity contribution in [2.24, 2.45) is 5.92 Å². The highest BCUT2D eigenvalue weighted by atomic mass is 32.2. The normalized spacial score (nSPS) is 18.9. The van der Waals surface area contributed by atoms with Crippen molar-refractivity contribution >= 4 is 27.0 Å². The van der Waals surface area contributed by atoms with Crippen LogP contribution in [0.3, 0.4) is 0 Å². The summed E-state index contributed by atoms with van der Waals surface area (Å²) in [4.78, 5) is 12.4. The fraction of sp³-hybridized carbons (Fsp3) is 0.611. The molecule has 0 spiro atoms. The fourth-order valence-electron chi connectivity index (χ4n) is 3.38. The Morgan fingerprint density at radius 3 is 2.85 bits per heavy atom. The van der Waals surface area contributed by atoms with E-state index in [9.17, 15) is 13.2 Å². The highest BCUT2D eigenvalue weighted by Gasteiger charge is 2.33. The zero-order valence-electron chi connectivity index (χ0n) is 16.1. The molecule has 1 saturated heterocycles. The van der Waals surface area contributed by atoms with E-state index in [1.54, 1.807) is 22.9 Å². The molecule has 0 radical (unpaired) electrons. The molecular weight excluding hydrogens is 366 g/mol. The van der Waals surface area contributed by atoms with Crippen molar-refractivity contribution in [1.29, 1.82) is 0 Å². The van der Waals surface area contributed by atoms with E-state index in [0.29, 0.717) is 31.4 Å². The minimum absolute atomic E-state index is 0.0629. The van der Waals surface area contributed by atoms with Crippen LogP contribution in [0.15, 0.2) is 23.1 Å². The van der Waals surface area contributed by atoms with E-state index in [1.807, 2.05) is 20.8 Å². The number of sulfonamides is 1. The summed E-state index contributed by atoms with van der Waals surface area (Å²) in [6.07, 6.45) is 2.25. The molecule has 1 aliphatic heterocycles. The van der Waals surface area contributed by atoms with Crippen LogP contribution in [0.1, 0.15) is 46.1 Å². The monoisotopic (exact) mass is 393 g/mol. The molecule has 2 aromatic rings. The average Bonchev–Trinajstić information content (AvgIpc) is 3.09. The van der Waals surface area contributed by atoms with Gasteiger partial charge in [0.2, 0.25) is 15.9 Å². The van der Waals surface area contributed by atoms with E-state index in [-0.39, 0.29) is 29.3 Å². The number of piperidine rings is 1. The molecule has 1 aromatic carbocycles. The molecule has 1 atom stereocenters. The Kier molecular flexibility index (Phi) is 5.81. The van der Waals surface area contributed by atoms with Gasteiger partial charge in [-0.05, 0) is 51.3 Å². The van der Waals surface area contributed by atoms with Crippen LogP contribution in [0, 0.1) is 5.92 Å². The van der Waals surface area contributed by atoms with Crippen LogP contribution < -0.4 is 5.32 Å². The third-order valence-electron chi connectivity index (χ3n) is 4.87. The Balaban J connectivity index is 1.83. The van der Waals surface area contributed by atoms with Gasteiger partial charge >= 0.3 is 0 Å². The molecule has 9 heteroatoms. The first kappa shape index (κ1) is 19.8. The van der Waals surface area contributed by atoms with E-state index in [4.69, 9.17) is 0 Å². The number of fused-ring (bicyclic) bond motifs is 1. The number of carbonyl (C=O) groups is 1. The van der Waals surface area contributed by atoms with Gasteiger partial charge in [0.1, 0.15) is 5.52 Å². The van der Waals surface area contributed by atoms with Crippen molar-refractivity contribution in [3.63, 3.8) is 0 Å². The minimum atomic E-state index is -3.68. The number of nitrogens with one attached hydrogen (secondary N) is 1. The second kappa shape index (κ2) is 7.93. The topological polar surface area (TPSA) is 97.2 Å². The molecule has 0 aliphatic carbocycles. The Morgan fingerprint density at radius 2 is 2.15 bits per heavy atom. The highest BCUT2D eigenvalue weighted by Crippen LogP contribution is 2.26. The predicted molar refractivity (Wildman–Crippen MR) is 103 cm³/mol. The van der Waals surface area contributed by atoms with Crippen molar-refractivity contribution in [1.82, 2.24) is 24.6 Å². The fourth-order valence-corrected chi connectivity index (χ4v) is 4.92. The van der Waals surface area contributed by atoms with Gasteiger partial charge in [0.05, 0.1) is 16.3 Å².